The van der Waals surface area contributed by atoms with Gasteiger partial charge in [0.2, 0.25) is 10.0 Å². The molecule has 1 fully saturated rings. The largest absolute Gasteiger partial charge is 0.494 e. The highest BCUT2D eigenvalue weighted by Gasteiger charge is 2.42. The van der Waals surface area contributed by atoms with Gasteiger partial charge in [-0.1, -0.05) is 29.8 Å². The number of nitrogens with one attached hydrogen (secondary N) is 2. The summed E-state index contributed by atoms with van der Waals surface area (Å²) in [5.74, 6) is 0.377. The average molecular weight is 582 g/mol. The lowest BCUT2D eigenvalue weighted by atomic mass is 9.96. The number of anilines is 2. The summed E-state index contributed by atoms with van der Waals surface area (Å²) >= 11 is 12.5. The number of benzene rings is 2. The Morgan fingerprint density at radius 2 is 1.82 bits per heavy atom. The van der Waals surface area contributed by atoms with Crippen molar-refractivity contribution in [3.05, 3.63) is 101 Å². The maximum absolute atomic E-state index is 11.9. The summed E-state index contributed by atoms with van der Waals surface area (Å²) in [4.78, 5) is 6.67. The molecule has 202 valence electrons. The van der Waals surface area contributed by atoms with Gasteiger partial charge in [-0.25, -0.2) is 8.42 Å². The van der Waals surface area contributed by atoms with Crippen LogP contribution in [-0.4, -0.2) is 36.4 Å². The first-order valence-electron chi connectivity index (χ1n) is 12.2. The summed E-state index contributed by atoms with van der Waals surface area (Å²) in [6.07, 6.45) is 2.86. The molecular formula is C28H28ClN5O3S2. The Labute approximate surface area is 238 Å². The standard InChI is InChI=1S/C28H28ClN5O3S2/c1-17-15-20(18(2)33(17)24-11-6-5-9-21(24)29)27-26(23-10-7-8-14-30-23)31-28(38)34(27)19-12-13-22(25(16-19)37-3)32-39(4,35)36/h5-16,26-27,32H,1-4H3,(H,31,38)/t26-,27-/m0/s1. The third-order valence-corrected chi connectivity index (χ3v) is 7.96. The van der Waals surface area contributed by atoms with Crippen molar-refractivity contribution in [3.8, 4) is 11.4 Å². The second-order valence-corrected chi connectivity index (χ2v) is 11.9. The van der Waals surface area contributed by atoms with Crippen LogP contribution in [-0.2, 0) is 10.0 Å². The van der Waals surface area contributed by atoms with Crippen molar-refractivity contribution < 1.29 is 13.2 Å². The summed E-state index contributed by atoms with van der Waals surface area (Å²) in [6, 6.07) is 20.5. The number of hydrogen-bond acceptors (Lipinski definition) is 5. The smallest absolute Gasteiger partial charge is 0.229 e. The minimum Gasteiger partial charge on any atom is -0.494 e. The molecule has 2 aromatic heterocycles. The number of nitrogens with zero attached hydrogens (tertiary/aromatic N) is 3. The minimum atomic E-state index is -3.49. The number of thiocarbonyl (C=S) groups is 1. The fraction of sp³-hybridized carbons (Fsp3) is 0.214. The van der Waals surface area contributed by atoms with Crippen molar-refractivity contribution in [1.29, 1.82) is 0 Å². The van der Waals surface area contributed by atoms with Gasteiger partial charge in [0.1, 0.15) is 5.75 Å². The van der Waals surface area contributed by atoms with E-state index in [1.54, 1.807) is 18.3 Å². The minimum absolute atomic E-state index is 0.251. The number of methoxy groups -OCH3 is 1. The molecule has 11 heteroatoms. The molecule has 0 bridgehead atoms. The second kappa shape index (κ2) is 10.5. The molecule has 39 heavy (non-hydrogen) atoms. The van der Waals surface area contributed by atoms with Gasteiger partial charge in [-0.05, 0) is 74.1 Å². The fourth-order valence-electron chi connectivity index (χ4n) is 5.15. The number of rotatable bonds is 7. The summed E-state index contributed by atoms with van der Waals surface area (Å²) in [7, 11) is -1.99. The molecule has 2 atom stereocenters. The Balaban J connectivity index is 1.67. The Bertz CT molecular complexity index is 1660. The first kappa shape index (κ1) is 27.0. The van der Waals surface area contributed by atoms with E-state index in [1.807, 2.05) is 53.4 Å². The molecular weight excluding hydrogens is 554 g/mol. The van der Waals surface area contributed by atoms with Crippen molar-refractivity contribution >= 4 is 50.3 Å². The summed E-state index contributed by atoms with van der Waals surface area (Å²) in [5, 5.41) is 4.64. The molecule has 5 rings (SSSR count). The van der Waals surface area contributed by atoms with Gasteiger partial charge in [-0.15, -0.1) is 0 Å². The average Bonchev–Trinajstić information content (AvgIpc) is 3.39. The van der Waals surface area contributed by atoms with E-state index in [-0.39, 0.29) is 12.1 Å². The van der Waals surface area contributed by atoms with Crippen molar-refractivity contribution in [2.45, 2.75) is 25.9 Å². The van der Waals surface area contributed by atoms with Crippen LogP contribution in [0.5, 0.6) is 5.75 Å². The van der Waals surface area contributed by atoms with E-state index in [1.165, 1.54) is 7.11 Å². The van der Waals surface area contributed by atoms with E-state index in [2.05, 4.69) is 39.5 Å². The SMILES string of the molecule is COc1cc(N2C(=S)N[C@@H](c3ccccn3)[C@@H]2c2cc(C)n(-c3ccccc3Cl)c2C)ccc1NS(C)(=O)=O. The van der Waals surface area contributed by atoms with E-state index in [0.717, 1.165) is 40.3 Å². The third kappa shape index (κ3) is 5.19. The van der Waals surface area contributed by atoms with Crippen LogP contribution in [0, 0.1) is 13.8 Å². The predicted molar refractivity (Wildman–Crippen MR) is 160 cm³/mol. The Hall–Kier alpha value is -3.60. The van der Waals surface area contributed by atoms with Gasteiger partial charge in [-0.3, -0.25) is 9.71 Å². The summed E-state index contributed by atoms with van der Waals surface area (Å²) in [5.41, 5.74) is 5.92. The van der Waals surface area contributed by atoms with Gasteiger partial charge >= 0.3 is 0 Å². The zero-order chi connectivity index (χ0) is 27.9. The topological polar surface area (TPSA) is 88.5 Å². The number of para-hydroxylation sites is 1. The van der Waals surface area contributed by atoms with Crippen LogP contribution in [0.25, 0.3) is 5.69 Å². The van der Waals surface area contributed by atoms with Crippen LogP contribution in [0.2, 0.25) is 5.02 Å². The molecule has 1 aliphatic rings. The van der Waals surface area contributed by atoms with Gasteiger partial charge in [0.25, 0.3) is 0 Å². The molecule has 0 aliphatic carbocycles. The number of hydrogen-bond donors (Lipinski definition) is 2. The molecule has 3 heterocycles. The normalized spacial score (nSPS) is 17.3. The Morgan fingerprint density at radius 3 is 2.49 bits per heavy atom. The van der Waals surface area contributed by atoms with Crippen LogP contribution in [0.15, 0.2) is 72.9 Å². The van der Waals surface area contributed by atoms with Crippen molar-refractivity contribution in [1.82, 2.24) is 14.9 Å². The van der Waals surface area contributed by atoms with E-state index in [9.17, 15) is 8.42 Å². The molecule has 4 aromatic rings. The van der Waals surface area contributed by atoms with Crippen LogP contribution < -0.4 is 19.7 Å². The van der Waals surface area contributed by atoms with E-state index in [0.29, 0.717) is 21.6 Å². The highest BCUT2D eigenvalue weighted by Crippen LogP contribution is 2.45. The van der Waals surface area contributed by atoms with Crippen LogP contribution in [0.3, 0.4) is 0 Å². The molecule has 1 saturated heterocycles. The number of pyridine rings is 1. The maximum Gasteiger partial charge on any atom is 0.229 e. The zero-order valence-electron chi connectivity index (χ0n) is 21.8. The molecule has 1 aliphatic heterocycles. The molecule has 0 radical (unpaired) electrons. The number of halogens is 1. The van der Waals surface area contributed by atoms with Crippen LogP contribution in [0.1, 0.15) is 34.7 Å². The molecule has 8 nitrogen and oxygen atoms in total. The summed E-state index contributed by atoms with van der Waals surface area (Å²) < 4.78 is 34.0. The molecule has 0 unspecified atom stereocenters. The van der Waals surface area contributed by atoms with E-state index < -0.39 is 10.0 Å². The van der Waals surface area contributed by atoms with Crippen molar-refractivity contribution in [3.63, 3.8) is 0 Å². The maximum atomic E-state index is 11.9. The van der Waals surface area contributed by atoms with E-state index >= 15 is 0 Å². The highest BCUT2D eigenvalue weighted by molar-refractivity contribution is 7.92. The first-order chi connectivity index (χ1) is 18.6. The molecule has 2 aromatic carbocycles. The van der Waals surface area contributed by atoms with Gasteiger partial charge in [-0.2, -0.15) is 0 Å². The lowest BCUT2D eigenvalue weighted by Gasteiger charge is -2.29. The lowest BCUT2D eigenvalue weighted by Crippen LogP contribution is -2.29. The quantitative estimate of drug-likeness (QED) is 0.271. The highest BCUT2D eigenvalue weighted by atomic mass is 35.5. The fourth-order valence-corrected chi connectivity index (χ4v) is 6.29. The third-order valence-electron chi connectivity index (χ3n) is 6.74. The molecule has 0 spiro atoms. The Kier molecular flexibility index (Phi) is 7.28. The van der Waals surface area contributed by atoms with Crippen LogP contribution >= 0.6 is 23.8 Å². The zero-order valence-corrected chi connectivity index (χ0v) is 24.2. The number of ether oxygens (including phenoxy) is 1. The van der Waals surface area contributed by atoms with Crippen molar-refractivity contribution in [2.75, 3.05) is 23.0 Å². The molecule has 0 amide bonds. The monoisotopic (exact) mass is 581 g/mol. The van der Waals surface area contributed by atoms with Gasteiger partial charge in [0, 0.05) is 29.3 Å². The summed E-state index contributed by atoms with van der Waals surface area (Å²) in [6.45, 7) is 4.12. The van der Waals surface area contributed by atoms with Gasteiger partial charge < -0.3 is 19.5 Å². The number of aryl methyl sites for hydroxylation is 1. The second-order valence-electron chi connectivity index (χ2n) is 9.37. The van der Waals surface area contributed by atoms with Crippen molar-refractivity contribution in [2.24, 2.45) is 0 Å². The lowest BCUT2D eigenvalue weighted by molar-refractivity contribution is 0.417. The van der Waals surface area contributed by atoms with E-state index in [4.69, 9.17) is 28.6 Å². The number of aromatic nitrogens is 2. The van der Waals surface area contributed by atoms with Gasteiger partial charge in [0.15, 0.2) is 5.11 Å². The molecule has 0 saturated carbocycles. The van der Waals surface area contributed by atoms with Crippen LogP contribution in [0.4, 0.5) is 11.4 Å². The molecule has 2 N–H and O–H groups in total. The van der Waals surface area contributed by atoms with Gasteiger partial charge in [0.05, 0.1) is 47.5 Å². The Morgan fingerprint density at radius 1 is 1.08 bits per heavy atom. The predicted octanol–water partition coefficient (Wildman–Crippen LogP) is 5.70. The number of sulfonamides is 1. The first-order valence-corrected chi connectivity index (χ1v) is 14.9.